The van der Waals surface area contributed by atoms with Crippen molar-refractivity contribution in [1.82, 2.24) is 9.97 Å². The molecule has 0 bridgehead atoms. The van der Waals surface area contributed by atoms with Crippen LogP contribution in [0.1, 0.15) is 31.8 Å². The van der Waals surface area contributed by atoms with Crippen LogP contribution < -0.4 is 5.32 Å². The Labute approximate surface area is 91.1 Å². The molecule has 0 saturated heterocycles. The van der Waals surface area contributed by atoms with Crippen LogP contribution in [0.5, 0.6) is 0 Å². The van der Waals surface area contributed by atoms with Crippen LogP contribution in [0.4, 0.5) is 5.82 Å². The highest BCUT2D eigenvalue weighted by Crippen LogP contribution is 2.06. The summed E-state index contributed by atoms with van der Waals surface area (Å²) in [4.78, 5) is 8.66. The van der Waals surface area contributed by atoms with Crippen molar-refractivity contribution in [2.45, 2.75) is 33.8 Å². The van der Waals surface area contributed by atoms with E-state index in [0.717, 1.165) is 36.9 Å². The fourth-order valence-electron chi connectivity index (χ4n) is 1.27. The SMILES string of the molecule is CCCOCc1nc(C)cc(NCC)n1. The molecule has 0 aliphatic carbocycles. The van der Waals surface area contributed by atoms with Gasteiger partial charge in [-0.2, -0.15) is 0 Å². The number of ether oxygens (including phenoxy) is 1. The van der Waals surface area contributed by atoms with E-state index in [1.807, 2.05) is 19.9 Å². The highest BCUT2D eigenvalue weighted by atomic mass is 16.5. The van der Waals surface area contributed by atoms with Crippen LogP contribution in [0.2, 0.25) is 0 Å². The van der Waals surface area contributed by atoms with Gasteiger partial charge in [0.25, 0.3) is 0 Å². The minimum absolute atomic E-state index is 0.494. The molecule has 0 radical (unpaired) electrons. The molecule has 0 aliphatic rings. The first-order valence-corrected chi connectivity index (χ1v) is 5.42. The Morgan fingerprint density at radius 2 is 2.13 bits per heavy atom. The topological polar surface area (TPSA) is 47.0 Å². The molecule has 0 spiro atoms. The maximum absolute atomic E-state index is 5.40. The minimum atomic E-state index is 0.494. The van der Waals surface area contributed by atoms with E-state index in [-0.39, 0.29) is 0 Å². The van der Waals surface area contributed by atoms with Gasteiger partial charge in [0.05, 0.1) is 0 Å². The number of anilines is 1. The average molecular weight is 209 g/mol. The van der Waals surface area contributed by atoms with E-state index >= 15 is 0 Å². The molecule has 0 aliphatic heterocycles. The Hall–Kier alpha value is -1.16. The van der Waals surface area contributed by atoms with Crippen LogP contribution in [0.15, 0.2) is 6.07 Å². The lowest BCUT2D eigenvalue weighted by Gasteiger charge is -2.06. The molecular weight excluding hydrogens is 190 g/mol. The molecule has 0 saturated carbocycles. The molecule has 0 unspecified atom stereocenters. The Balaban J connectivity index is 2.62. The van der Waals surface area contributed by atoms with Crippen molar-refractivity contribution in [3.63, 3.8) is 0 Å². The smallest absolute Gasteiger partial charge is 0.156 e. The van der Waals surface area contributed by atoms with E-state index in [4.69, 9.17) is 4.74 Å². The number of nitrogens with one attached hydrogen (secondary N) is 1. The van der Waals surface area contributed by atoms with Crippen molar-refractivity contribution in [2.75, 3.05) is 18.5 Å². The second-order valence-electron chi connectivity index (χ2n) is 3.39. The molecule has 84 valence electrons. The lowest BCUT2D eigenvalue weighted by atomic mass is 10.4. The van der Waals surface area contributed by atoms with Crippen molar-refractivity contribution in [3.05, 3.63) is 17.6 Å². The van der Waals surface area contributed by atoms with E-state index in [9.17, 15) is 0 Å². The predicted molar refractivity (Wildman–Crippen MR) is 60.9 cm³/mol. The van der Waals surface area contributed by atoms with Gasteiger partial charge in [0.1, 0.15) is 12.4 Å². The Bertz CT molecular complexity index is 302. The van der Waals surface area contributed by atoms with E-state index < -0.39 is 0 Å². The third kappa shape index (κ3) is 4.25. The summed E-state index contributed by atoms with van der Waals surface area (Å²) in [7, 11) is 0. The molecule has 1 rings (SSSR count). The van der Waals surface area contributed by atoms with Gasteiger partial charge >= 0.3 is 0 Å². The molecule has 1 aromatic rings. The molecule has 1 N–H and O–H groups in total. The van der Waals surface area contributed by atoms with Crippen molar-refractivity contribution >= 4 is 5.82 Å². The van der Waals surface area contributed by atoms with Gasteiger partial charge in [-0.25, -0.2) is 9.97 Å². The molecule has 15 heavy (non-hydrogen) atoms. The molecule has 4 nitrogen and oxygen atoms in total. The minimum Gasteiger partial charge on any atom is -0.373 e. The number of nitrogens with zero attached hydrogens (tertiary/aromatic N) is 2. The van der Waals surface area contributed by atoms with Gasteiger partial charge in [-0.15, -0.1) is 0 Å². The third-order valence-electron chi connectivity index (χ3n) is 1.84. The first-order valence-electron chi connectivity index (χ1n) is 5.42. The van der Waals surface area contributed by atoms with Gasteiger partial charge in [0.2, 0.25) is 0 Å². The van der Waals surface area contributed by atoms with Crippen LogP contribution in [-0.2, 0) is 11.3 Å². The molecule has 4 heteroatoms. The summed E-state index contributed by atoms with van der Waals surface area (Å²) in [5, 5.41) is 3.17. The zero-order chi connectivity index (χ0) is 11.1. The van der Waals surface area contributed by atoms with Gasteiger partial charge < -0.3 is 10.1 Å². The third-order valence-corrected chi connectivity index (χ3v) is 1.84. The monoisotopic (exact) mass is 209 g/mol. The van der Waals surface area contributed by atoms with Gasteiger partial charge in [0.15, 0.2) is 5.82 Å². The predicted octanol–water partition coefficient (Wildman–Crippen LogP) is 2.14. The number of aryl methyl sites for hydroxylation is 1. The summed E-state index contributed by atoms with van der Waals surface area (Å²) in [5.74, 6) is 1.62. The zero-order valence-electron chi connectivity index (χ0n) is 9.71. The van der Waals surface area contributed by atoms with Gasteiger partial charge in [-0.3, -0.25) is 0 Å². The van der Waals surface area contributed by atoms with E-state index in [1.165, 1.54) is 0 Å². The normalized spacial score (nSPS) is 10.3. The van der Waals surface area contributed by atoms with E-state index in [2.05, 4.69) is 22.2 Å². The quantitative estimate of drug-likeness (QED) is 0.729. The van der Waals surface area contributed by atoms with Crippen LogP contribution in [0.3, 0.4) is 0 Å². The molecule has 1 heterocycles. The number of hydrogen-bond donors (Lipinski definition) is 1. The lowest BCUT2D eigenvalue weighted by Crippen LogP contribution is -2.06. The average Bonchev–Trinajstić information content (AvgIpc) is 2.18. The van der Waals surface area contributed by atoms with Crippen molar-refractivity contribution < 1.29 is 4.74 Å². The molecular formula is C11H19N3O. The van der Waals surface area contributed by atoms with Crippen LogP contribution >= 0.6 is 0 Å². The molecule has 0 atom stereocenters. The van der Waals surface area contributed by atoms with Crippen molar-refractivity contribution in [3.8, 4) is 0 Å². The highest BCUT2D eigenvalue weighted by molar-refractivity contribution is 5.35. The van der Waals surface area contributed by atoms with Crippen molar-refractivity contribution in [1.29, 1.82) is 0 Å². The van der Waals surface area contributed by atoms with Gasteiger partial charge in [-0.1, -0.05) is 6.92 Å². The lowest BCUT2D eigenvalue weighted by molar-refractivity contribution is 0.116. The maximum atomic E-state index is 5.40. The molecule has 0 fully saturated rings. The van der Waals surface area contributed by atoms with E-state index in [1.54, 1.807) is 0 Å². The Morgan fingerprint density at radius 3 is 2.80 bits per heavy atom. The molecule has 0 amide bonds. The molecule has 1 aromatic heterocycles. The van der Waals surface area contributed by atoms with E-state index in [0.29, 0.717) is 6.61 Å². The summed E-state index contributed by atoms with van der Waals surface area (Å²) in [6.45, 7) is 8.21. The van der Waals surface area contributed by atoms with Crippen LogP contribution in [0.25, 0.3) is 0 Å². The number of rotatable bonds is 6. The summed E-state index contributed by atoms with van der Waals surface area (Å²) in [6, 6.07) is 1.94. The second kappa shape index (κ2) is 6.35. The Kier molecular flexibility index (Phi) is 5.04. The maximum Gasteiger partial charge on any atom is 0.156 e. The largest absolute Gasteiger partial charge is 0.373 e. The summed E-state index contributed by atoms with van der Waals surface area (Å²) < 4.78 is 5.40. The fourth-order valence-corrected chi connectivity index (χ4v) is 1.27. The first kappa shape index (κ1) is 11.9. The fraction of sp³-hybridized carbons (Fsp3) is 0.636. The van der Waals surface area contributed by atoms with Crippen LogP contribution in [0, 0.1) is 6.92 Å². The number of aromatic nitrogens is 2. The van der Waals surface area contributed by atoms with Crippen LogP contribution in [-0.4, -0.2) is 23.1 Å². The second-order valence-corrected chi connectivity index (χ2v) is 3.39. The Morgan fingerprint density at radius 1 is 1.33 bits per heavy atom. The first-order chi connectivity index (χ1) is 7.26. The highest BCUT2D eigenvalue weighted by Gasteiger charge is 2.01. The number of hydrogen-bond acceptors (Lipinski definition) is 4. The van der Waals surface area contributed by atoms with Gasteiger partial charge in [-0.05, 0) is 20.3 Å². The summed E-state index contributed by atoms with van der Waals surface area (Å²) in [6.07, 6.45) is 1.02. The van der Waals surface area contributed by atoms with Gasteiger partial charge in [0, 0.05) is 24.9 Å². The standard InChI is InChI=1S/C11H19N3O/c1-4-6-15-8-11-13-9(3)7-10(14-11)12-5-2/h7H,4-6,8H2,1-3H3,(H,12,13,14). The van der Waals surface area contributed by atoms with Crippen molar-refractivity contribution in [2.24, 2.45) is 0 Å². The molecule has 0 aromatic carbocycles. The summed E-state index contributed by atoms with van der Waals surface area (Å²) >= 11 is 0. The zero-order valence-corrected chi connectivity index (χ0v) is 9.71. The summed E-state index contributed by atoms with van der Waals surface area (Å²) in [5.41, 5.74) is 0.969.